The van der Waals surface area contributed by atoms with Gasteiger partial charge < -0.3 is 29.2 Å². The van der Waals surface area contributed by atoms with E-state index < -0.39 is 12.8 Å². The van der Waals surface area contributed by atoms with Gasteiger partial charge in [-0.2, -0.15) is 23.3 Å². The molecule has 12 nitrogen and oxygen atoms in total. The van der Waals surface area contributed by atoms with Gasteiger partial charge in [0.25, 0.3) is 0 Å². The highest BCUT2D eigenvalue weighted by Crippen LogP contribution is 2.53. The van der Waals surface area contributed by atoms with Crippen molar-refractivity contribution in [3.05, 3.63) is 48.2 Å². The first-order valence-corrected chi connectivity index (χ1v) is 19.3. The number of ether oxygens (including phenoxy) is 1. The monoisotopic (exact) mass is 757 g/mol. The zero-order chi connectivity index (χ0) is 38.2. The number of likely N-dealkylation sites (N-methyl/N-ethyl adjacent to an activating group) is 1. The van der Waals surface area contributed by atoms with Crippen LogP contribution in [0, 0.1) is 18.3 Å². The number of piperazine rings is 1. The van der Waals surface area contributed by atoms with Gasteiger partial charge in [0.05, 0.1) is 17.6 Å². The van der Waals surface area contributed by atoms with Crippen LogP contribution in [-0.4, -0.2) is 132 Å². The van der Waals surface area contributed by atoms with Crippen LogP contribution in [0.2, 0.25) is 0 Å². The Morgan fingerprint density at radius 2 is 1.71 bits per heavy atom. The van der Waals surface area contributed by atoms with Crippen LogP contribution in [0.3, 0.4) is 0 Å². The maximum atomic E-state index is 14.1. The summed E-state index contributed by atoms with van der Waals surface area (Å²) in [6.07, 6.45) is 1.98. The largest absolute Gasteiger partial charge is 0.481 e. The van der Waals surface area contributed by atoms with Crippen molar-refractivity contribution in [3.63, 3.8) is 0 Å². The molecule has 4 aromatic rings. The SMILES string of the molecule is C=CC(=O)N1CC2(CCN(c3nc(N4CC(C(=O)N5CCN(C)CC5)C4)nc4c(OCC(F)(F)F)c(-c5c(C)ccc6[nH]ncc56)c(C5CC5)cc34)CC2)C1. The Bertz CT molecular complexity index is 2170. The van der Waals surface area contributed by atoms with E-state index in [-0.39, 0.29) is 34.8 Å². The highest BCUT2D eigenvalue weighted by molar-refractivity contribution is 6.06. The number of nitrogens with one attached hydrogen (secondary N) is 1. The number of hydrogen-bond acceptors (Lipinski definition) is 9. The van der Waals surface area contributed by atoms with Crippen LogP contribution in [-0.2, 0) is 9.59 Å². The average molecular weight is 758 g/mol. The van der Waals surface area contributed by atoms with E-state index in [0.29, 0.717) is 80.6 Å². The molecule has 1 aliphatic carbocycles. The van der Waals surface area contributed by atoms with Gasteiger partial charge in [-0.3, -0.25) is 14.7 Å². The number of rotatable bonds is 8. The molecule has 1 saturated carbocycles. The Morgan fingerprint density at radius 1 is 0.982 bits per heavy atom. The molecule has 5 fully saturated rings. The lowest BCUT2D eigenvalue weighted by atomic mass is 9.72. The third-order valence-electron chi connectivity index (χ3n) is 12.4. The lowest BCUT2D eigenvalue weighted by molar-refractivity contribution is -0.153. The first-order valence-electron chi connectivity index (χ1n) is 19.3. The van der Waals surface area contributed by atoms with Crippen molar-refractivity contribution in [2.45, 2.75) is 44.7 Å². The number of carbonyl (C=O) groups excluding carboxylic acids is 2. The number of benzene rings is 2. The minimum atomic E-state index is -4.59. The highest BCUT2D eigenvalue weighted by atomic mass is 19.4. The summed E-state index contributed by atoms with van der Waals surface area (Å²) in [5, 5.41) is 8.76. The highest BCUT2D eigenvalue weighted by Gasteiger charge is 2.47. The van der Waals surface area contributed by atoms with Crippen molar-refractivity contribution in [1.29, 1.82) is 0 Å². The molecule has 1 spiro atoms. The van der Waals surface area contributed by atoms with Crippen LogP contribution in [0.5, 0.6) is 5.75 Å². The lowest BCUT2D eigenvalue weighted by Gasteiger charge is -2.54. The first kappa shape index (κ1) is 35.8. The van der Waals surface area contributed by atoms with Gasteiger partial charge in [-0.15, -0.1) is 0 Å². The van der Waals surface area contributed by atoms with Crippen LogP contribution in [0.25, 0.3) is 32.9 Å². The van der Waals surface area contributed by atoms with Crippen molar-refractivity contribution in [2.75, 3.05) is 88.9 Å². The maximum absolute atomic E-state index is 14.1. The fourth-order valence-electron chi connectivity index (χ4n) is 8.98. The number of nitrogens with zero attached hydrogens (tertiary/aromatic N) is 8. The van der Waals surface area contributed by atoms with Crippen LogP contribution < -0.4 is 14.5 Å². The van der Waals surface area contributed by atoms with Crippen LogP contribution in [0.1, 0.15) is 42.7 Å². The fraction of sp³-hybridized carbons (Fsp3) is 0.525. The van der Waals surface area contributed by atoms with Crippen LogP contribution >= 0.6 is 0 Å². The predicted molar refractivity (Wildman–Crippen MR) is 203 cm³/mol. The van der Waals surface area contributed by atoms with Crippen molar-refractivity contribution in [3.8, 4) is 16.9 Å². The summed E-state index contributed by atoms with van der Waals surface area (Å²) in [5.41, 5.74) is 4.32. The summed E-state index contributed by atoms with van der Waals surface area (Å²) in [6, 6.07) is 5.97. The summed E-state index contributed by atoms with van der Waals surface area (Å²) in [6.45, 7) is 10.7. The molecule has 15 heteroatoms. The molecule has 4 aliphatic heterocycles. The van der Waals surface area contributed by atoms with Crippen molar-refractivity contribution < 1.29 is 27.5 Å². The summed E-state index contributed by atoms with van der Waals surface area (Å²) in [7, 11) is 2.05. The quantitative estimate of drug-likeness (QED) is 0.245. The van der Waals surface area contributed by atoms with Crippen LogP contribution in [0.15, 0.2) is 37.1 Å². The molecule has 0 atom stereocenters. The Labute approximate surface area is 317 Å². The number of aromatic amines is 1. The molecule has 55 heavy (non-hydrogen) atoms. The molecule has 0 radical (unpaired) electrons. The van der Waals surface area contributed by atoms with E-state index in [9.17, 15) is 22.8 Å². The number of H-pyrrole nitrogens is 1. The number of carbonyl (C=O) groups is 2. The molecule has 290 valence electrons. The third-order valence-corrected chi connectivity index (χ3v) is 12.4. The molecule has 2 aromatic carbocycles. The molecule has 1 N–H and O–H groups in total. The number of hydrogen-bond donors (Lipinski definition) is 1. The van der Waals surface area contributed by atoms with Gasteiger partial charge in [0.1, 0.15) is 11.3 Å². The average Bonchev–Trinajstić information content (AvgIpc) is 3.87. The second-order valence-electron chi connectivity index (χ2n) is 16.3. The summed E-state index contributed by atoms with van der Waals surface area (Å²) in [4.78, 5) is 46.1. The molecule has 5 aliphatic rings. The number of likely N-dealkylation sites (tertiary alicyclic amines) is 1. The van der Waals surface area contributed by atoms with E-state index in [0.717, 1.165) is 66.4 Å². The standard InChI is InChI=1S/C40H46F3N9O3/c1-4-31(53)52-21-39(22-52)9-11-49(12-10-39)36-28-17-27(25-6-7-25)33(32-24(2)5-8-30-29(32)18-44-47-30)35(55-23-40(41,42)43)34(28)45-38(46-36)51-19-26(20-51)37(54)50-15-13-48(3)14-16-50/h4-5,8,17-18,25-26H,1,6-7,9-16,19-23H2,2-3H3,(H,44,47). The number of fused-ring (bicyclic) bond motifs is 2. The zero-order valence-corrected chi connectivity index (χ0v) is 31.3. The van der Waals surface area contributed by atoms with Gasteiger partial charge in [-0.25, -0.2) is 4.98 Å². The van der Waals surface area contributed by atoms with Gasteiger partial charge in [0.15, 0.2) is 12.4 Å². The molecule has 4 saturated heterocycles. The van der Waals surface area contributed by atoms with Crippen molar-refractivity contribution in [1.82, 2.24) is 34.9 Å². The predicted octanol–water partition coefficient (Wildman–Crippen LogP) is 5.13. The van der Waals surface area contributed by atoms with Crippen LogP contribution in [0.4, 0.5) is 24.9 Å². The van der Waals surface area contributed by atoms with Gasteiger partial charge in [0.2, 0.25) is 17.8 Å². The van der Waals surface area contributed by atoms with Gasteiger partial charge >= 0.3 is 6.18 Å². The summed E-state index contributed by atoms with van der Waals surface area (Å²) in [5.74, 6) is 1.11. The topological polar surface area (TPSA) is 114 Å². The van der Waals surface area contributed by atoms with Gasteiger partial charge in [-0.1, -0.05) is 12.6 Å². The van der Waals surface area contributed by atoms with Gasteiger partial charge in [-0.05, 0) is 80.5 Å². The molecular weight excluding hydrogens is 711 g/mol. The first-order chi connectivity index (χ1) is 26.4. The number of aromatic nitrogens is 4. The second-order valence-corrected chi connectivity index (χ2v) is 16.3. The number of alkyl halides is 3. The normalized spacial score (nSPS) is 20.6. The lowest BCUT2D eigenvalue weighted by Crippen LogP contribution is -2.61. The minimum absolute atomic E-state index is 0.0171. The van der Waals surface area contributed by atoms with E-state index in [1.54, 1.807) is 6.20 Å². The number of aryl methyl sites for hydroxylation is 1. The number of anilines is 2. The van der Waals surface area contributed by atoms with E-state index in [1.807, 2.05) is 33.8 Å². The third kappa shape index (κ3) is 6.53. The number of amides is 2. The molecular formula is C40H46F3N9O3. The minimum Gasteiger partial charge on any atom is -0.481 e. The Morgan fingerprint density at radius 3 is 2.38 bits per heavy atom. The maximum Gasteiger partial charge on any atom is 0.422 e. The molecule has 0 unspecified atom stereocenters. The van der Waals surface area contributed by atoms with E-state index in [2.05, 4.69) is 39.7 Å². The van der Waals surface area contributed by atoms with Crippen molar-refractivity contribution >= 4 is 45.4 Å². The number of piperidine rings is 1. The molecule has 9 rings (SSSR count). The van der Waals surface area contributed by atoms with Gasteiger partial charge in [0, 0.05) is 87.2 Å². The number of halogens is 3. The Hall–Kier alpha value is -4.92. The second kappa shape index (κ2) is 13.4. The van der Waals surface area contributed by atoms with E-state index in [1.165, 1.54) is 6.08 Å². The summed E-state index contributed by atoms with van der Waals surface area (Å²) < 4.78 is 48.3. The molecule has 2 amide bonds. The van der Waals surface area contributed by atoms with E-state index in [4.69, 9.17) is 14.7 Å². The smallest absolute Gasteiger partial charge is 0.422 e. The molecule has 2 aromatic heterocycles. The zero-order valence-electron chi connectivity index (χ0n) is 31.3. The molecule has 0 bridgehead atoms. The van der Waals surface area contributed by atoms with Crippen molar-refractivity contribution in [2.24, 2.45) is 11.3 Å². The van der Waals surface area contributed by atoms with E-state index >= 15 is 0 Å². The Balaban J connectivity index is 1.16. The Kier molecular flexibility index (Phi) is 8.70. The molecule has 6 heterocycles. The fourth-order valence-corrected chi connectivity index (χ4v) is 8.98. The summed E-state index contributed by atoms with van der Waals surface area (Å²) >= 11 is 0.